The van der Waals surface area contributed by atoms with Gasteiger partial charge in [0.05, 0.1) is 17.3 Å². The van der Waals surface area contributed by atoms with Gasteiger partial charge in [0.15, 0.2) is 0 Å². The maximum atomic E-state index is 12.6. The van der Waals surface area contributed by atoms with E-state index in [1.165, 1.54) is 7.11 Å². The first-order valence-corrected chi connectivity index (χ1v) is 7.34. The van der Waals surface area contributed by atoms with E-state index in [1.807, 2.05) is 0 Å². The molecule has 1 amide bonds. The van der Waals surface area contributed by atoms with Crippen LogP contribution in [0, 0.1) is 0 Å². The van der Waals surface area contributed by atoms with E-state index in [0.29, 0.717) is 15.9 Å². The van der Waals surface area contributed by atoms with Crippen LogP contribution in [0.2, 0.25) is 0 Å². The molecule has 2 heterocycles. The first-order valence-electron chi connectivity index (χ1n) is 6.54. The molecular weight excluding hydrogens is 367 g/mol. The van der Waals surface area contributed by atoms with Gasteiger partial charge in [0, 0.05) is 25.4 Å². The van der Waals surface area contributed by atoms with E-state index in [2.05, 4.69) is 20.9 Å². The Kier molecular flexibility index (Phi) is 4.55. The van der Waals surface area contributed by atoms with Crippen LogP contribution in [0.4, 0.5) is 18.9 Å². The number of anilines is 1. The number of nitrogens with two attached hydrogens (primary N) is 1. The first-order chi connectivity index (χ1) is 10.2. The molecule has 0 fully saturated rings. The van der Waals surface area contributed by atoms with E-state index in [0.717, 1.165) is 10.5 Å². The van der Waals surface area contributed by atoms with Gasteiger partial charge >= 0.3 is 12.1 Å². The fourth-order valence-corrected chi connectivity index (χ4v) is 3.36. The van der Waals surface area contributed by atoms with Gasteiger partial charge in [-0.05, 0) is 21.5 Å². The van der Waals surface area contributed by atoms with E-state index in [-0.39, 0.29) is 31.3 Å². The van der Waals surface area contributed by atoms with Gasteiger partial charge in [-0.1, -0.05) is 6.92 Å². The summed E-state index contributed by atoms with van der Waals surface area (Å²) >= 11 is 3.36. The number of carbonyl (C=O) groups excluding carboxylic acids is 1. The van der Waals surface area contributed by atoms with Gasteiger partial charge in [-0.3, -0.25) is 4.79 Å². The average Bonchev–Trinajstić information content (AvgIpc) is 2.60. The number of halogens is 4. The van der Waals surface area contributed by atoms with Crippen molar-refractivity contribution in [3.05, 3.63) is 15.7 Å². The van der Waals surface area contributed by atoms with Gasteiger partial charge in [-0.15, -0.1) is 0 Å². The largest absolute Gasteiger partial charge is 0.479 e. The highest BCUT2D eigenvalue weighted by molar-refractivity contribution is 9.10. The number of alkyl halides is 3. The van der Waals surface area contributed by atoms with Crippen molar-refractivity contribution < 1.29 is 22.7 Å². The molecule has 2 N–H and O–H groups in total. The predicted molar refractivity (Wildman–Crippen MR) is 77.7 cm³/mol. The van der Waals surface area contributed by atoms with Crippen LogP contribution in [0.3, 0.4) is 0 Å². The number of carbonyl (C=O) groups is 1. The number of rotatable bonds is 1. The highest BCUT2D eigenvalue weighted by Crippen LogP contribution is 2.39. The molecule has 0 radical (unpaired) electrons. The first kappa shape index (κ1) is 16.9. The molecule has 0 aliphatic carbocycles. The number of nitrogens with zero attached hydrogens (tertiary/aromatic N) is 2. The quantitative estimate of drug-likeness (QED) is 0.811. The number of hydrogen-bond donors (Lipinski definition) is 1. The Morgan fingerprint density at radius 3 is 2.68 bits per heavy atom. The smallest absolute Gasteiger partial charge is 0.471 e. The van der Waals surface area contributed by atoms with Crippen LogP contribution in [0.1, 0.15) is 24.1 Å². The number of aromatic nitrogens is 1. The van der Waals surface area contributed by atoms with Crippen molar-refractivity contribution in [1.29, 1.82) is 0 Å². The molecule has 2 rings (SSSR count). The van der Waals surface area contributed by atoms with E-state index in [4.69, 9.17) is 10.5 Å². The molecule has 22 heavy (non-hydrogen) atoms. The van der Waals surface area contributed by atoms with Crippen molar-refractivity contribution in [3.63, 3.8) is 0 Å². The third kappa shape index (κ3) is 2.99. The second-order valence-electron chi connectivity index (χ2n) is 5.11. The van der Waals surface area contributed by atoms with Gasteiger partial charge in [0.1, 0.15) is 5.69 Å². The lowest BCUT2D eigenvalue weighted by Crippen LogP contribution is -2.42. The van der Waals surface area contributed by atoms with Gasteiger partial charge in [-0.2, -0.15) is 13.2 Å². The molecule has 1 atom stereocenters. The standard InChI is InChI=1S/C13H15BrF3N3O2/c1-6-5-20(12(21)13(15,16)17)4-3-7-8(6)9(14)10(18)11(19-7)22-2/h6H,3-5,18H2,1-2H3. The Morgan fingerprint density at radius 2 is 2.14 bits per heavy atom. The van der Waals surface area contributed by atoms with Crippen molar-refractivity contribution in [2.24, 2.45) is 0 Å². The lowest BCUT2D eigenvalue weighted by atomic mass is 9.99. The summed E-state index contributed by atoms with van der Waals surface area (Å²) in [4.78, 5) is 16.5. The number of methoxy groups -OCH3 is 1. The highest BCUT2D eigenvalue weighted by Gasteiger charge is 2.43. The van der Waals surface area contributed by atoms with Crippen LogP contribution < -0.4 is 10.5 Å². The van der Waals surface area contributed by atoms with Gasteiger partial charge in [0.25, 0.3) is 0 Å². The van der Waals surface area contributed by atoms with E-state index < -0.39 is 12.1 Å². The van der Waals surface area contributed by atoms with Crippen molar-refractivity contribution in [1.82, 2.24) is 9.88 Å². The third-order valence-electron chi connectivity index (χ3n) is 3.58. The maximum Gasteiger partial charge on any atom is 0.471 e. The zero-order valence-electron chi connectivity index (χ0n) is 12.0. The van der Waals surface area contributed by atoms with E-state index in [9.17, 15) is 18.0 Å². The van der Waals surface area contributed by atoms with E-state index >= 15 is 0 Å². The van der Waals surface area contributed by atoms with Gasteiger partial charge in [0.2, 0.25) is 5.88 Å². The molecule has 1 aromatic heterocycles. The van der Waals surface area contributed by atoms with Crippen molar-refractivity contribution >= 4 is 27.5 Å². The molecule has 0 spiro atoms. The molecule has 0 saturated heterocycles. The molecule has 1 aliphatic rings. The second kappa shape index (κ2) is 5.94. The molecule has 122 valence electrons. The fraction of sp³-hybridized carbons (Fsp3) is 0.538. The van der Waals surface area contributed by atoms with Crippen LogP contribution >= 0.6 is 15.9 Å². The molecular formula is C13H15BrF3N3O2. The summed E-state index contributed by atoms with van der Waals surface area (Å²) in [5, 5.41) is 0. The van der Waals surface area contributed by atoms with Crippen LogP contribution in [0.15, 0.2) is 4.47 Å². The van der Waals surface area contributed by atoms with Crippen LogP contribution in [0.25, 0.3) is 0 Å². The number of fused-ring (bicyclic) bond motifs is 1. The number of amides is 1. The average molecular weight is 382 g/mol. The lowest BCUT2D eigenvalue weighted by Gasteiger charge is -2.24. The summed E-state index contributed by atoms with van der Waals surface area (Å²) in [5.74, 6) is -1.95. The van der Waals surface area contributed by atoms with Crippen LogP contribution in [-0.2, 0) is 11.2 Å². The SMILES string of the molecule is COc1nc2c(c(Br)c1N)C(C)CN(C(=O)C(F)(F)F)CC2. The minimum Gasteiger partial charge on any atom is -0.479 e. The van der Waals surface area contributed by atoms with Gasteiger partial charge in [-0.25, -0.2) is 4.98 Å². The maximum absolute atomic E-state index is 12.6. The highest BCUT2D eigenvalue weighted by atomic mass is 79.9. The molecule has 1 unspecified atom stereocenters. The summed E-state index contributed by atoms with van der Waals surface area (Å²) in [6.45, 7) is 1.64. The third-order valence-corrected chi connectivity index (χ3v) is 4.43. The zero-order valence-corrected chi connectivity index (χ0v) is 13.6. The number of ether oxygens (including phenoxy) is 1. The Morgan fingerprint density at radius 1 is 1.50 bits per heavy atom. The van der Waals surface area contributed by atoms with Crippen LogP contribution in [-0.4, -0.2) is 42.2 Å². The number of pyridine rings is 1. The van der Waals surface area contributed by atoms with Gasteiger partial charge < -0.3 is 15.4 Å². The van der Waals surface area contributed by atoms with E-state index in [1.54, 1.807) is 6.92 Å². The molecule has 9 heteroatoms. The molecule has 0 saturated carbocycles. The van der Waals surface area contributed by atoms with Crippen molar-refractivity contribution in [2.45, 2.75) is 25.4 Å². The summed E-state index contributed by atoms with van der Waals surface area (Å²) in [5.41, 5.74) is 7.50. The van der Waals surface area contributed by atoms with Crippen molar-refractivity contribution in [3.8, 4) is 5.88 Å². The predicted octanol–water partition coefficient (Wildman–Crippen LogP) is 2.49. The topological polar surface area (TPSA) is 68.5 Å². The summed E-state index contributed by atoms with van der Waals surface area (Å²) < 4.78 is 43.5. The molecule has 1 aliphatic heterocycles. The summed E-state index contributed by atoms with van der Waals surface area (Å²) in [6, 6.07) is 0. The summed E-state index contributed by atoms with van der Waals surface area (Å²) in [6.07, 6.45) is -4.67. The molecule has 5 nitrogen and oxygen atoms in total. The zero-order chi connectivity index (χ0) is 16.7. The normalized spacial score (nSPS) is 18.6. The fourth-order valence-electron chi connectivity index (χ4n) is 2.57. The molecule has 0 aromatic carbocycles. The molecule has 1 aromatic rings. The monoisotopic (exact) mass is 381 g/mol. The number of hydrogen-bond acceptors (Lipinski definition) is 4. The Hall–Kier alpha value is -1.51. The Balaban J connectivity index is 2.40. The number of nitrogen functional groups attached to an aromatic ring is 1. The molecule has 0 bridgehead atoms. The Bertz CT molecular complexity index is 607. The minimum absolute atomic E-state index is 0.0443. The Labute approximate surface area is 133 Å². The summed E-state index contributed by atoms with van der Waals surface area (Å²) in [7, 11) is 1.41. The van der Waals surface area contributed by atoms with Crippen molar-refractivity contribution in [2.75, 3.05) is 25.9 Å². The van der Waals surface area contributed by atoms with Crippen LogP contribution in [0.5, 0.6) is 5.88 Å². The minimum atomic E-state index is -4.88. The lowest BCUT2D eigenvalue weighted by molar-refractivity contribution is -0.185. The second-order valence-corrected chi connectivity index (χ2v) is 5.90.